The van der Waals surface area contributed by atoms with Gasteiger partial charge in [-0.05, 0) is 71.3 Å². The number of amides is 1. The van der Waals surface area contributed by atoms with E-state index in [0.717, 1.165) is 18.5 Å². The molecule has 7 heteroatoms. The number of nitrogens with zero attached hydrogens (tertiary/aromatic N) is 2. The molecule has 0 radical (unpaired) electrons. The Hall–Kier alpha value is -2.31. The zero-order valence-electron chi connectivity index (χ0n) is 20.0. The van der Waals surface area contributed by atoms with Crippen LogP contribution in [0.1, 0.15) is 91.8 Å². The van der Waals surface area contributed by atoms with Gasteiger partial charge in [-0.2, -0.15) is 0 Å². The van der Waals surface area contributed by atoms with Gasteiger partial charge >= 0.3 is 12.1 Å². The van der Waals surface area contributed by atoms with E-state index in [9.17, 15) is 9.59 Å². The number of esters is 1. The summed E-state index contributed by atoms with van der Waals surface area (Å²) in [4.78, 5) is 28.7. The van der Waals surface area contributed by atoms with Gasteiger partial charge in [-0.15, -0.1) is 0 Å². The fraction of sp³-hybridized carbons (Fsp3) is 0.708. The van der Waals surface area contributed by atoms with Crippen molar-refractivity contribution < 1.29 is 19.1 Å². The van der Waals surface area contributed by atoms with Gasteiger partial charge in [0.2, 0.25) is 0 Å². The van der Waals surface area contributed by atoms with Crippen molar-refractivity contribution >= 4 is 18.1 Å². The van der Waals surface area contributed by atoms with Crippen LogP contribution >= 0.6 is 0 Å². The minimum atomic E-state index is -0.535. The maximum atomic E-state index is 12.4. The molecule has 1 aromatic heterocycles. The van der Waals surface area contributed by atoms with Gasteiger partial charge in [0.1, 0.15) is 5.60 Å². The highest BCUT2D eigenvalue weighted by atomic mass is 16.6. The molecule has 0 saturated heterocycles. The third-order valence-corrected chi connectivity index (χ3v) is 5.37. The highest BCUT2D eigenvalue weighted by Gasteiger charge is 2.28. The van der Waals surface area contributed by atoms with Gasteiger partial charge in [0.15, 0.2) is 0 Å². The molecule has 7 nitrogen and oxygen atoms in total. The average molecular weight is 434 g/mol. The fourth-order valence-corrected chi connectivity index (χ4v) is 3.96. The van der Waals surface area contributed by atoms with Crippen molar-refractivity contribution in [3.8, 4) is 0 Å². The van der Waals surface area contributed by atoms with Crippen LogP contribution < -0.4 is 5.32 Å². The van der Waals surface area contributed by atoms with E-state index in [0.29, 0.717) is 43.0 Å². The zero-order valence-corrected chi connectivity index (χ0v) is 20.0. The van der Waals surface area contributed by atoms with E-state index < -0.39 is 11.7 Å². The van der Waals surface area contributed by atoms with Gasteiger partial charge in [0.25, 0.3) is 0 Å². The van der Waals surface area contributed by atoms with E-state index in [1.807, 2.05) is 33.3 Å². The van der Waals surface area contributed by atoms with E-state index in [2.05, 4.69) is 28.7 Å². The summed E-state index contributed by atoms with van der Waals surface area (Å²) in [6.45, 7) is 12.6. The lowest BCUT2D eigenvalue weighted by atomic mass is 9.75. The normalized spacial score (nSPS) is 19.0. The number of hydrogen-bond donors (Lipinski definition) is 1. The lowest BCUT2D eigenvalue weighted by Gasteiger charge is -2.35. The predicted octanol–water partition coefficient (Wildman–Crippen LogP) is 5.28. The molecule has 1 fully saturated rings. The highest BCUT2D eigenvalue weighted by Crippen LogP contribution is 2.40. The molecule has 1 atom stereocenters. The van der Waals surface area contributed by atoms with Crippen molar-refractivity contribution in [2.24, 2.45) is 5.41 Å². The highest BCUT2D eigenvalue weighted by molar-refractivity contribution is 5.93. The van der Waals surface area contributed by atoms with Crippen molar-refractivity contribution in [2.45, 2.75) is 91.7 Å². The Labute approximate surface area is 186 Å². The van der Waals surface area contributed by atoms with Gasteiger partial charge in [-0.1, -0.05) is 20.3 Å². The molecule has 1 unspecified atom stereocenters. The van der Waals surface area contributed by atoms with Crippen molar-refractivity contribution in [3.63, 3.8) is 0 Å². The van der Waals surface area contributed by atoms with Gasteiger partial charge < -0.3 is 19.4 Å². The molecule has 174 valence electrons. The van der Waals surface area contributed by atoms with Crippen LogP contribution in [0.15, 0.2) is 18.1 Å². The Morgan fingerprint density at radius 3 is 2.74 bits per heavy atom. The number of carbonyl (C=O) groups excluding carboxylic acids is 2. The van der Waals surface area contributed by atoms with Crippen LogP contribution in [0.5, 0.6) is 0 Å². The lowest BCUT2D eigenvalue weighted by Crippen LogP contribution is -2.33. The van der Waals surface area contributed by atoms with Crippen LogP contribution in [0.3, 0.4) is 0 Å². The number of hydrogen-bond acceptors (Lipinski definition) is 5. The molecule has 0 spiro atoms. The molecule has 1 heterocycles. The minimum absolute atomic E-state index is 0.317. The van der Waals surface area contributed by atoms with Crippen molar-refractivity contribution in [2.75, 3.05) is 13.2 Å². The molecule has 31 heavy (non-hydrogen) atoms. The first-order chi connectivity index (χ1) is 14.5. The second-order valence-electron chi connectivity index (χ2n) is 10.1. The fourth-order valence-electron chi connectivity index (χ4n) is 3.96. The summed E-state index contributed by atoms with van der Waals surface area (Å²) in [7, 11) is 0. The Morgan fingerprint density at radius 2 is 2.10 bits per heavy atom. The Morgan fingerprint density at radius 1 is 1.35 bits per heavy atom. The number of rotatable bonds is 8. The molecule has 1 aliphatic rings. The smallest absolute Gasteiger partial charge is 0.407 e. The summed E-state index contributed by atoms with van der Waals surface area (Å²) < 4.78 is 12.6. The Balaban J connectivity index is 1.99. The maximum absolute atomic E-state index is 12.4. The number of alkyl carbamates (subject to hydrolysis) is 1. The molecule has 1 aromatic rings. The van der Waals surface area contributed by atoms with E-state index in [-0.39, 0.29) is 5.97 Å². The summed E-state index contributed by atoms with van der Waals surface area (Å²) in [5.74, 6) is -0.340. The van der Waals surface area contributed by atoms with Crippen LogP contribution in [0.2, 0.25) is 0 Å². The van der Waals surface area contributed by atoms with Gasteiger partial charge in [-0.3, -0.25) is 0 Å². The second kappa shape index (κ2) is 10.8. The molecule has 0 aromatic carbocycles. The minimum Gasteiger partial charge on any atom is -0.463 e. The van der Waals surface area contributed by atoms with Gasteiger partial charge in [0.05, 0.1) is 18.6 Å². The number of imidazole rings is 1. The van der Waals surface area contributed by atoms with E-state index in [1.165, 1.54) is 12.8 Å². The maximum Gasteiger partial charge on any atom is 0.407 e. The summed E-state index contributed by atoms with van der Waals surface area (Å²) in [5.41, 5.74) is 1.13. The Kier molecular flexibility index (Phi) is 8.71. The molecule has 1 aliphatic carbocycles. The van der Waals surface area contributed by atoms with E-state index >= 15 is 0 Å². The van der Waals surface area contributed by atoms with Crippen molar-refractivity contribution in [1.29, 1.82) is 0 Å². The molecule has 1 amide bonds. The quantitative estimate of drug-likeness (QED) is 0.343. The van der Waals surface area contributed by atoms with E-state index in [1.54, 1.807) is 13.0 Å². The first-order valence-electron chi connectivity index (χ1n) is 11.4. The monoisotopic (exact) mass is 433 g/mol. The predicted molar refractivity (Wildman–Crippen MR) is 122 cm³/mol. The van der Waals surface area contributed by atoms with Crippen LogP contribution in [0.4, 0.5) is 4.79 Å². The topological polar surface area (TPSA) is 82.5 Å². The molecular weight excluding hydrogens is 394 g/mol. The van der Waals surface area contributed by atoms with Crippen molar-refractivity contribution in [1.82, 2.24) is 14.9 Å². The number of aromatic nitrogens is 2. The zero-order chi connectivity index (χ0) is 23.1. The van der Waals surface area contributed by atoms with E-state index in [4.69, 9.17) is 9.47 Å². The van der Waals surface area contributed by atoms with Gasteiger partial charge in [-0.25, -0.2) is 14.6 Å². The lowest BCUT2D eigenvalue weighted by molar-refractivity contribution is -0.138. The number of ether oxygens (including phenoxy) is 2. The standard InChI is InChI=1S/C24H39N3O4/c1-7-30-21(28)18(10-9-13-25-22(29)31-23(2,3)4)14-19-16-27(17-26-19)20-11-8-12-24(5,6)15-20/h14,16-17,20H,7-13,15H2,1-6H3,(H,25,29)/b18-14+. The molecule has 1 saturated carbocycles. The first-order valence-corrected chi connectivity index (χ1v) is 11.4. The first kappa shape index (κ1) is 25.0. The van der Waals surface area contributed by atoms with Crippen LogP contribution in [-0.2, 0) is 14.3 Å². The summed E-state index contributed by atoms with van der Waals surface area (Å²) >= 11 is 0. The molecule has 0 bridgehead atoms. The Bertz CT molecular complexity index is 774. The molecule has 0 aliphatic heterocycles. The largest absolute Gasteiger partial charge is 0.463 e. The van der Waals surface area contributed by atoms with Crippen LogP contribution in [-0.4, -0.2) is 40.4 Å². The van der Waals surface area contributed by atoms with Crippen molar-refractivity contribution in [3.05, 3.63) is 23.8 Å². The summed E-state index contributed by atoms with van der Waals surface area (Å²) in [6, 6.07) is 0.447. The van der Waals surface area contributed by atoms with Gasteiger partial charge in [0, 0.05) is 24.4 Å². The summed E-state index contributed by atoms with van der Waals surface area (Å²) in [5, 5.41) is 2.72. The third kappa shape index (κ3) is 8.75. The SMILES string of the molecule is CCOC(=O)/C(=C/c1cn(C2CCCC(C)(C)C2)cn1)CCCNC(=O)OC(C)(C)C. The average Bonchev–Trinajstić information content (AvgIpc) is 3.11. The molecular formula is C24H39N3O4. The summed E-state index contributed by atoms with van der Waals surface area (Å²) in [6.07, 6.45) is 11.1. The third-order valence-electron chi connectivity index (χ3n) is 5.37. The molecule has 2 rings (SSSR count). The molecule has 1 N–H and O–H groups in total. The van der Waals surface area contributed by atoms with Crippen LogP contribution in [0, 0.1) is 5.41 Å². The number of nitrogens with one attached hydrogen (secondary N) is 1. The van der Waals surface area contributed by atoms with Crippen LogP contribution in [0.25, 0.3) is 6.08 Å². The second-order valence-corrected chi connectivity index (χ2v) is 10.1. The number of carbonyl (C=O) groups is 2.